The maximum absolute atomic E-state index is 12.9. The third-order valence-corrected chi connectivity index (χ3v) is 9.27. The van der Waals surface area contributed by atoms with Gasteiger partial charge < -0.3 is 0 Å². The zero-order valence-corrected chi connectivity index (χ0v) is 14.3. The molecule has 0 aliphatic heterocycles. The van der Waals surface area contributed by atoms with Crippen molar-refractivity contribution < 1.29 is 12.3 Å². The average Bonchev–Trinajstić information content (AvgIpc) is 1.92. The van der Waals surface area contributed by atoms with E-state index in [1.165, 1.54) is 0 Å². The van der Waals surface area contributed by atoms with Crippen LogP contribution in [-0.2, 0) is 0 Å². The van der Waals surface area contributed by atoms with Gasteiger partial charge in [-0.2, -0.15) is 0 Å². The number of hydrogen-bond acceptors (Lipinski definition) is 1. The van der Waals surface area contributed by atoms with Crippen LogP contribution in [0, 0.1) is 17.8 Å². The topological polar surface area (TPSA) is 12.4 Å². The zero-order chi connectivity index (χ0) is 14.6. The van der Waals surface area contributed by atoms with Crippen LogP contribution in [0.5, 0.6) is 0 Å². The Labute approximate surface area is 111 Å². The average molecular weight is 301 g/mol. The zero-order valence-electron chi connectivity index (χ0n) is 12.4. The molecule has 0 rings (SSSR count). The van der Waals surface area contributed by atoms with Crippen LogP contribution in [0.4, 0.5) is 12.3 Å². The first-order valence-corrected chi connectivity index (χ1v) is 10.5. The van der Waals surface area contributed by atoms with Gasteiger partial charge in [-0.1, -0.05) is 41.5 Å². The normalized spacial score (nSPS) is 13.8. The number of nitrogens with zero attached hydrogens (tertiary/aromatic N) is 1. The van der Waals surface area contributed by atoms with E-state index in [1.807, 2.05) is 41.5 Å². The SMILES string of the molecule is CC(C)CP(CC(C)C)(CC(C)C)=N[Si](F)(F)F. The summed E-state index contributed by atoms with van der Waals surface area (Å²) in [5, 5.41) is 0. The molecule has 0 N–H and O–H groups in total. The van der Waals surface area contributed by atoms with Crippen LogP contribution in [0.2, 0.25) is 0 Å². The molecule has 0 fully saturated rings. The molecule has 0 saturated heterocycles. The lowest BCUT2D eigenvalue weighted by Gasteiger charge is -2.30. The van der Waals surface area contributed by atoms with E-state index in [2.05, 4.69) is 4.41 Å². The van der Waals surface area contributed by atoms with Gasteiger partial charge in [0.2, 0.25) is 0 Å². The van der Waals surface area contributed by atoms with Crippen molar-refractivity contribution in [3.63, 3.8) is 0 Å². The Morgan fingerprint density at radius 1 is 0.778 bits per heavy atom. The maximum atomic E-state index is 12.9. The van der Waals surface area contributed by atoms with E-state index in [1.54, 1.807) is 0 Å². The second-order valence-corrected chi connectivity index (χ2v) is 11.4. The second kappa shape index (κ2) is 7.13. The Hall–Kier alpha value is 0.237. The first kappa shape index (κ1) is 18.2. The molecule has 0 spiro atoms. The van der Waals surface area contributed by atoms with E-state index >= 15 is 0 Å². The van der Waals surface area contributed by atoms with Crippen LogP contribution in [0.1, 0.15) is 41.5 Å². The summed E-state index contributed by atoms with van der Waals surface area (Å²) in [5.41, 5.74) is 0. The Balaban J connectivity index is 5.46. The standard InChI is InChI=1S/C12H27F3NPSi/c1-10(2)7-17(8-11(3)4,9-12(5)6)16-18(13,14)15/h10-12H,7-9H2,1-6H3. The fourth-order valence-corrected chi connectivity index (χ4v) is 10.1. The van der Waals surface area contributed by atoms with Gasteiger partial charge in [0, 0.05) is 0 Å². The molecule has 6 heteroatoms. The van der Waals surface area contributed by atoms with Gasteiger partial charge in [-0.3, -0.25) is 0 Å². The summed E-state index contributed by atoms with van der Waals surface area (Å²) < 4.78 is 42.2. The molecule has 0 aromatic carbocycles. The van der Waals surface area contributed by atoms with Gasteiger partial charge in [0.25, 0.3) is 0 Å². The number of rotatable bonds is 7. The third-order valence-electron chi connectivity index (χ3n) is 2.44. The van der Waals surface area contributed by atoms with Crippen LogP contribution in [0.25, 0.3) is 0 Å². The Morgan fingerprint density at radius 2 is 1.06 bits per heavy atom. The van der Waals surface area contributed by atoms with Crippen molar-refractivity contribution in [1.29, 1.82) is 0 Å². The van der Waals surface area contributed by atoms with E-state index in [-0.39, 0.29) is 17.8 Å². The summed E-state index contributed by atoms with van der Waals surface area (Å²) >= 11 is 0. The molecular weight excluding hydrogens is 274 g/mol. The first-order valence-electron chi connectivity index (χ1n) is 6.63. The fraction of sp³-hybridized carbons (Fsp3) is 1.00. The minimum Gasteiger partial charge on any atom is -0.249 e. The van der Waals surface area contributed by atoms with Gasteiger partial charge in [0.15, 0.2) is 0 Å². The first-order chi connectivity index (χ1) is 7.96. The Morgan fingerprint density at radius 3 is 1.22 bits per heavy atom. The predicted octanol–water partition coefficient (Wildman–Crippen LogP) is 5.50. The molecule has 0 radical (unpaired) electrons. The van der Waals surface area contributed by atoms with E-state index in [4.69, 9.17) is 0 Å². The lowest BCUT2D eigenvalue weighted by molar-refractivity contribution is 0.477. The van der Waals surface area contributed by atoms with Crippen molar-refractivity contribution in [3.05, 3.63) is 0 Å². The quantitative estimate of drug-likeness (QED) is 0.334. The molecule has 0 unspecified atom stereocenters. The summed E-state index contributed by atoms with van der Waals surface area (Å²) in [6.45, 7) is 12.0. The van der Waals surface area contributed by atoms with Crippen LogP contribution in [-0.4, -0.2) is 27.7 Å². The van der Waals surface area contributed by atoms with Gasteiger partial charge >= 0.3 is 9.24 Å². The molecule has 0 atom stereocenters. The molecule has 0 aromatic heterocycles. The summed E-state index contributed by atoms with van der Waals surface area (Å²) in [7, 11) is -8.04. The highest BCUT2D eigenvalue weighted by Crippen LogP contribution is 2.55. The lowest BCUT2D eigenvalue weighted by Crippen LogP contribution is -2.18. The van der Waals surface area contributed by atoms with Crippen LogP contribution >= 0.6 is 7.05 Å². The van der Waals surface area contributed by atoms with Gasteiger partial charge in [-0.25, -0.2) is 16.7 Å². The van der Waals surface area contributed by atoms with Crippen molar-refractivity contribution in [3.8, 4) is 0 Å². The van der Waals surface area contributed by atoms with Crippen LogP contribution in [0.3, 0.4) is 0 Å². The number of hydrogen-bond donors (Lipinski definition) is 0. The van der Waals surface area contributed by atoms with Gasteiger partial charge in [0.1, 0.15) is 0 Å². The smallest absolute Gasteiger partial charge is 0.249 e. The molecule has 0 heterocycles. The molecule has 1 nitrogen and oxygen atoms in total. The summed E-state index contributed by atoms with van der Waals surface area (Å²) in [5.74, 6) is 0.864. The summed E-state index contributed by atoms with van der Waals surface area (Å²) in [4.78, 5) is 0. The van der Waals surface area contributed by atoms with Crippen molar-refractivity contribution in [2.24, 2.45) is 22.2 Å². The summed E-state index contributed by atoms with van der Waals surface area (Å²) in [6.07, 6.45) is 1.95. The van der Waals surface area contributed by atoms with Crippen molar-refractivity contribution in [2.45, 2.75) is 41.5 Å². The van der Waals surface area contributed by atoms with E-state index in [0.29, 0.717) is 18.5 Å². The molecule has 0 amide bonds. The second-order valence-electron chi connectivity index (χ2n) is 6.39. The van der Waals surface area contributed by atoms with E-state index in [9.17, 15) is 12.3 Å². The van der Waals surface area contributed by atoms with Crippen molar-refractivity contribution in [1.82, 2.24) is 0 Å². The minimum absolute atomic E-state index is 0.288. The summed E-state index contributed by atoms with van der Waals surface area (Å²) in [6, 6.07) is 0. The molecule has 0 saturated carbocycles. The largest absolute Gasteiger partial charge is 0.772 e. The molecule has 0 aliphatic carbocycles. The molecule has 0 aromatic rings. The molecule has 18 heavy (non-hydrogen) atoms. The molecular formula is C12H27F3NPSi. The molecule has 110 valence electrons. The van der Waals surface area contributed by atoms with E-state index < -0.39 is 16.3 Å². The Bertz CT molecular complexity index is 265. The minimum atomic E-state index is -5.82. The number of halogens is 3. The lowest BCUT2D eigenvalue weighted by atomic mass is 10.3. The van der Waals surface area contributed by atoms with Crippen molar-refractivity contribution >= 4 is 16.3 Å². The van der Waals surface area contributed by atoms with Crippen molar-refractivity contribution in [2.75, 3.05) is 18.5 Å². The van der Waals surface area contributed by atoms with Gasteiger partial charge in [-0.05, 0) is 43.3 Å². The highest BCUT2D eigenvalue weighted by molar-refractivity contribution is 7.67. The monoisotopic (exact) mass is 301 g/mol. The molecule has 0 aliphatic rings. The van der Waals surface area contributed by atoms with Crippen LogP contribution in [0.15, 0.2) is 4.41 Å². The van der Waals surface area contributed by atoms with E-state index in [0.717, 1.165) is 0 Å². The van der Waals surface area contributed by atoms with Crippen LogP contribution < -0.4 is 0 Å². The highest BCUT2D eigenvalue weighted by Gasteiger charge is 2.42. The third kappa shape index (κ3) is 8.36. The Kier molecular flexibility index (Phi) is 7.23. The van der Waals surface area contributed by atoms with Gasteiger partial charge in [0.05, 0.1) is 0 Å². The molecule has 0 bridgehead atoms. The highest BCUT2D eigenvalue weighted by atomic mass is 31.2. The van der Waals surface area contributed by atoms with Gasteiger partial charge in [-0.15, -0.1) is 0 Å². The fourth-order valence-electron chi connectivity index (χ4n) is 2.63. The maximum Gasteiger partial charge on any atom is 0.772 e. The predicted molar refractivity (Wildman–Crippen MR) is 77.5 cm³/mol.